The zero-order chi connectivity index (χ0) is 25.6. The number of rotatable bonds is 10. The lowest BCUT2D eigenvalue weighted by Crippen LogP contribution is -2.53. The van der Waals surface area contributed by atoms with Crippen LogP contribution in [0.2, 0.25) is 0 Å². The van der Waals surface area contributed by atoms with Gasteiger partial charge in [-0.2, -0.15) is 0 Å². The largest absolute Gasteiger partial charge is 0.352 e. The number of halogens is 1. The SMILES string of the molecule is CCC(C(=O)NC1CCCC1)N(Cc1ccc(F)cc1)C(=O)CN(c1ccccc1C)S(C)(=O)=O. The molecule has 0 saturated heterocycles. The fourth-order valence-electron chi connectivity index (χ4n) is 4.51. The Morgan fingerprint density at radius 1 is 1.09 bits per heavy atom. The van der Waals surface area contributed by atoms with Crippen LogP contribution < -0.4 is 9.62 Å². The summed E-state index contributed by atoms with van der Waals surface area (Å²) in [5.41, 5.74) is 1.77. The lowest BCUT2D eigenvalue weighted by Gasteiger charge is -2.33. The van der Waals surface area contributed by atoms with E-state index in [2.05, 4.69) is 5.32 Å². The summed E-state index contributed by atoms with van der Waals surface area (Å²) >= 11 is 0. The molecule has 1 saturated carbocycles. The molecule has 0 radical (unpaired) electrons. The van der Waals surface area contributed by atoms with E-state index >= 15 is 0 Å². The molecule has 0 bridgehead atoms. The molecule has 0 aliphatic heterocycles. The molecule has 3 rings (SSSR count). The minimum atomic E-state index is -3.78. The molecule has 190 valence electrons. The van der Waals surface area contributed by atoms with Crippen LogP contribution in [-0.2, 0) is 26.2 Å². The van der Waals surface area contributed by atoms with E-state index in [0.29, 0.717) is 23.2 Å². The van der Waals surface area contributed by atoms with Crippen LogP contribution >= 0.6 is 0 Å². The third kappa shape index (κ3) is 7.04. The van der Waals surface area contributed by atoms with Crippen molar-refractivity contribution in [3.63, 3.8) is 0 Å². The highest BCUT2D eigenvalue weighted by atomic mass is 32.2. The number of carbonyl (C=O) groups excluding carboxylic acids is 2. The summed E-state index contributed by atoms with van der Waals surface area (Å²) in [7, 11) is -3.78. The van der Waals surface area contributed by atoms with Crippen molar-refractivity contribution in [1.29, 1.82) is 0 Å². The van der Waals surface area contributed by atoms with E-state index in [1.807, 2.05) is 6.92 Å². The Bertz CT molecular complexity index is 1130. The molecule has 1 unspecified atom stereocenters. The van der Waals surface area contributed by atoms with Gasteiger partial charge in [0.15, 0.2) is 0 Å². The van der Waals surface area contributed by atoms with Gasteiger partial charge in [0.05, 0.1) is 11.9 Å². The molecule has 7 nitrogen and oxygen atoms in total. The highest BCUT2D eigenvalue weighted by molar-refractivity contribution is 7.92. The van der Waals surface area contributed by atoms with Crippen LogP contribution in [0.1, 0.15) is 50.2 Å². The molecule has 0 heterocycles. The predicted molar refractivity (Wildman–Crippen MR) is 135 cm³/mol. The summed E-state index contributed by atoms with van der Waals surface area (Å²) in [5.74, 6) is -1.16. The van der Waals surface area contributed by atoms with Gasteiger partial charge in [0.25, 0.3) is 0 Å². The lowest BCUT2D eigenvalue weighted by atomic mass is 10.1. The van der Waals surface area contributed by atoms with Crippen LogP contribution in [0.15, 0.2) is 48.5 Å². The van der Waals surface area contributed by atoms with Crippen LogP contribution in [0.4, 0.5) is 10.1 Å². The van der Waals surface area contributed by atoms with Crippen molar-refractivity contribution in [2.75, 3.05) is 17.1 Å². The summed E-state index contributed by atoms with van der Waals surface area (Å²) in [4.78, 5) is 28.3. The molecule has 2 amide bonds. The van der Waals surface area contributed by atoms with Crippen molar-refractivity contribution in [2.45, 2.75) is 64.6 Å². The number of anilines is 1. The summed E-state index contributed by atoms with van der Waals surface area (Å²) in [6, 6.07) is 12.0. The minimum Gasteiger partial charge on any atom is -0.352 e. The Morgan fingerprint density at radius 2 is 1.71 bits per heavy atom. The first-order valence-corrected chi connectivity index (χ1v) is 13.8. The highest BCUT2D eigenvalue weighted by Crippen LogP contribution is 2.24. The number of hydrogen-bond donors (Lipinski definition) is 1. The first kappa shape index (κ1) is 26.7. The van der Waals surface area contributed by atoms with Crippen LogP contribution in [0.25, 0.3) is 0 Å². The molecule has 1 aliphatic rings. The average molecular weight is 504 g/mol. The smallest absolute Gasteiger partial charge is 0.244 e. The molecule has 35 heavy (non-hydrogen) atoms. The van der Waals surface area contributed by atoms with Gasteiger partial charge in [-0.1, -0.05) is 50.1 Å². The predicted octanol–water partition coefficient (Wildman–Crippen LogP) is 3.77. The van der Waals surface area contributed by atoms with Crippen LogP contribution in [0, 0.1) is 12.7 Å². The Balaban J connectivity index is 1.92. The second kappa shape index (κ2) is 11.7. The standard InChI is InChI=1S/C26H34FN3O4S/c1-4-23(26(32)28-22-10-6-7-11-22)29(17-20-13-15-21(27)16-14-20)25(31)18-30(35(3,33)34)24-12-8-5-9-19(24)2/h5,8-9,12-16,22-23H,4,6-7,10-11,17-18H2,1-3H3,(H,28,32). The highest BCUT2D eigenvalue weighted by Gasteiger charge is 2.33. The monoisotopic (exact) mass is 503 g/mol. The van der Waals surface area contributed by atoms with Gasteiger partial charge in [-0.3, -0.25) is 13.9 Å². The van der Waals surface area contributed by atoms with E-state index in [9.17, 15) is 22.4 Å². The number of para-hydroxylation sites is 1. The Labute approximate surface area is 207 Å². The summed E-state index contributed by atoms with van der Waals surface area (Å²) in [6.45, 7) is 3.21. The van der Waals surface area contributed by atoms with Gasteiger partial charge in [-0.15, -0.1) is 0 Å². The van der Waals surface area contributed by atoms with E-state index in [0.717, 1.165) is 36.2 Å². The summed E-state index contributed by atoms with van der Waals surface area (Å²) in [6.07, 6.45) is 5.34. The molecular weight excluding hydrogens is 469 g/mol. The molecule has 1 N–H and O–H groups in total. The number of sulfonamides is 1. The molecule has 0 aromatic heterocycles. The maximum atomic E-state index is 13.7. The number of nitrogens with zero attached hydrogens (tertiary/aromatic N) is 2. The molecule has 2 aromatic carbocycles. The summed E-state index contributed by atoms with van der Waals surface area (Å²) < 4.78 is 39.9. The maximum absolute atomic E-state index is 13.7. The number of benzene rings is 2. The molecule has 0 spiro atoms. The Kier molecular flexibility index (Phi) is 8.88. The number of aryl methyl sites for hydroxylation is 1. The van der Waals surface area contributed by atoms with Gasteiger partial charge >= 0.3 is 0 Å². The van der Waals surface area contributed by atoms with Crippen molar-refractivity contribution in [3.05, 3.63) is 65.5 Å². The first-order valence-electron chi connectivity index (χ1n) is 12.0. The van der Waals surface area contributed by atoms with Crippen molar-refractivity contribution in [3.8, 4) is 0 Å². The van der Waals surface area contributed by atoms with Gasteiger partial charge in [-0.05, 0) is 55.5 Å². The molecule has 1 atom stereocenters. The number of nitrogens with one attached hydrogen (secondary N) is 1. The number of amides is 2. The molecule has 1 aliphatic carbocycles. The molecule has 9 heteroatoms. The average Bonchev–Trinajstić information content (AvgIpc) is 3.31. The van der Waals surface area contributed by atoms with E-state index in [1.165, 1.54) is 17.0 Å². The third-order valence-corrected chi connectivity index (χ3v) is 7.54. The van der Waals surface area contributed by atoms with E-state index in [1.54, 1.807) is 43.3 Å². The maximum Gasteiger partial charge on any atom is 0.244 e. The van der Waals surface area contributed by atoms with Crippen LogP contribution in [-0.4, -0.2) is 50.0 Å². The van der Waals surface area contributed by atoms with Crippen molar-refractivity contribution < 1.29 is 22.4 Å². The zero-order valence-corrected chi connectivity index (χ0v) is 21.4. The quantitative estimate of drug-likeness (QED) is 0.535. The van der Waals surface area contributed by atoms with Crippen LogP contribution in [0.3, 0.4) is 0 Å². The number of carbonyl (C=O) groups is 2. The van der Waals surface area contributed by atoms with Crippen molar-refractivity contribution >= 4 is 27.5 Å². The minimum absolute atomic E-state index is 0.0566. The molecule has 1 fully saturated rings. The first-order chi connectivity index (χ1) is 16.6. The van der Waals surface area contributed by atoms with Gasteiger partial charge in [0.2, 0.25) is 21.8 Å². The van der Waals surface area contributed by atoms with Crippen molar-refractivity contribution in [2.24, 2.45) is 0 Å². The van der Waals surface area contributed by atoms with Gasteiger partial charge in [0.1, 0.15) is 18.4 Å². The topological polar surface area (TPSA) is 86.8 Å². The second-order valence-corrected chi connectivity index (χ2v) is 11.0. The van der Waals surface area contributed by atoms with Crippen molar-refractivity contribution in [1.82, 2.24) is 10.2 Å². The Morgan fingerprint density at radius 3 is 2.29 bits per heavy atom. The fraction of sp³-hybridized carbons (Fsp3) is 0.462. The Hall–Kier alpha value is -2.94. The lowest BCUT2D eigenvalue weighted by molar-refractivity contribution is -0.140. The third-order valence-electron chi connectivity index (χ3n) is 6.42. The van der Waals surface area contributed by atoms with E-state index in [4.69, 9.17) is 0 Å². The normalized spacial score (nSPS) is 15.0. The van der Waals surface area contributed by atoms with Gasteiger partial charge in [0, 0.05) is 12.6 Å². The van der Waals surface area contributed by atoms with E-state index in [-0.39, 0.29) is 18.5 Å². The van der Waals surface area contributed by atoms with Crippen LogP contribution in [0.5, 0.6) is 0 Å². The van der Waals surface area contributed by atoms with E-state index < -0.39 is 34.3 Å². The zero-order valence-electron chi connectivity index (χ0n) is 20.5. The van der Waals surface area contributed by atoms with Gasteiger partial charge in [-0.25, -0.2) is 12.8 Å². The number of hydrogen-bond acceptors (Lipinski definition) is 4. The molecular formula is C26H34FN3O4S. The summed E-state index contributed by atoms with van der Waals surface area (Å²) in [5, 5.41) is 3.06. The molecule has 2 aromatic rings. The van der Waals surface area contributed by atoms with Gasteiger partial charge < -0.3 is 10.2 Å². The fourth-order valence-corrected chi connectivity index (χ4v) is 5.42. The second-order valence-electron chi connectivity index (χ2n) is 9.12.